The van der Waals surface area contributed by atoms with Crippen LogP contribution in [0.3, 0.4) is 0 Å². The summed E-state index contributed by atoms with van der Waals surface area (Å²) in [5.41, 5.74) is 3.31. The molecule has 3 nitrogen and oxygen atoms in total. The lowest BCUT2D eigenvalue weighted by Crippen LogP contribution is -2.08. The molecule has 0 amide bonds. The Balaban J connectivity index is 2.09. The number of ether oxygens (including phenoxy) is 2. The van der Waals surface area contributed by atoms with Crippen LogP contribution in [0.15, 0.2) is 18.2 Å². The highest BCUT2D eigenvalue weighted by Crippen LogP contribution is 2.35. The van der Waals surface area contributed by atoms with E-state index in [1.807, 2.05) is 24.3 Å². The first-order chi connectivity index (χ1) is 7.20. The molecular weight excluding hydrogens is 192 g/mol. The minimum Gasteiger partial charge on any atom is -0.497 e. The normalized spacial score (nSPS) is 12.3. The Bertz CT molecular complexity index is 432. The Labute approximate surface area is 88.3 Å². The lowest BCUT2D eigenvalue weighted by molar-refractivity contribution is -0.139. The van der Waals surface area contributed by atoms with Crippen molar-refractivity contribution < 1.29 is 14.3 Å². The first-order valence-corrected chi connectivity index (χ1v) is 4.73. The molecule has 0 N–H and O–H groups in total. The molecule has 1 aliphatic carbocycles. The number of rotatable bonds is 3. The molecule has 0 bridgehead atoms. The Morgan fingerprint density at radius 2 is 2.20 bits per heavy atom. The van der Waals surface area contributed by atoms with Gasteiger partial charge in [-0.3, -0.25) is 4.79 Å². The molecule has 0 saturated carbocycles. The summed E-state index contributed by atoms with van der Waals surface area (Å²) >= 11 is 0. The van der Waals surface area contributed by atoms with Crippen molar-refractivity contribution in [2.45, 2.75) is 6.92 Å². The van der Waals surface area contributed by atoms with E-state index in [2.05, 4.69) is 0 Å². The molecule has 0 radical (unpaired) electrons. The van der Waals surface area contributed by atoms with E-state index >= 15 is 0 Å². The molecule has 0 aliphatic heterocycles. The van der Waals surface area contributed by atoms with Crippen molar-refractivity contribution in [1.82, 2.24) is 0 Å². The van der Waals surface area contributed by atoms with Crippen LogP contribution in [0, 0.1) is 0 Å². The number of carbonyl (C=O) groups is 1. The number of benzene rings is 1. The van der Waals surface area contributed by atoms with Crippen LogP contribution in [0.4, 0.5) is 0 Å². The molecule has 1 aliphatic rings. The fraction of sp³-hybridized carbons (Fsp3) is 0.250. The second-order valence-electron chi connectivity index (χ2n) is 3.40. The van der Waals surface area contributed by atoms with Gasteiger partial charge in [-0.15, -0.1) is 0 Å². The average molecular weight is 204 g/mol. The highest BCUT2D eigenvalue weighted by molar-refractivity contribution is 5.96. The fourth-order valence-corrected chi connectivity index (χ4v) is 1.55. The third-order valence-corrected chi connectivity index (χ3v) is 2.37. The van der Waals surface area contributed by atoms with Crippen molar-refractivity contribution in [2.24, 2.45) is 0 Å². The third-order valence-electron chi connectivity index (χ3n) is 2.37. The van der Waals surface area contributed by atoms with Gasteiger partial charge in [0.15, 0.2) is 0 Å². The molecule has 0 fully saturated rings. The standard InChI is InChI=1S/C12H12O3/c1-8(13)15-7-10-5-9-3-4-11(14-2)6-12(9)10/h3-6H,7H2,1-2H3. The van der Waals surface area contributed by atoms with E-state index in [0.717, 1.165) is 22.4 Å². The van der Waals surface area contributed by atoms with Gasteiger partial charge >= 0.3 is 5.97 Å². The smallest absolute Gasteiger partial charge is 0.302 e. The zero-order valence-electron chi connectivity index (χ0n) is 8.74. The van der Waals surface area contributed by atoms with E-state index in [-0.39, 0.29) is 5.97 Å². The number of fused-ring (bicyclic) bond motifs is 1. The first-order valence-electron chi connectivity index (χ1n) is 4.73. The van der Waals surface area contributed by atoms with Crippen LogP contribution >= 0.6 is 0 Å². The van der Waals surface area contributed by atoms with Gasteiger partial charge in [0.05, 0.1) is 7.11 Å². The molecule has 0 unspecified atom stereocenters. The van der Waals surface area contributed by atoms with Crippen LogP contribution in [0.1, 0.15) is 18.1 Å². The maximum atomic E-state index is 10.6. The molecule has 78 valence electrons. The molecule has 0 atom stereocenters. The molecule has 0 aromatic heterocycles. The lowest BCUT2D eigenvalue weighted by atomic mass is 9.89. The summed E-state index contributed by atoms with van der Waals surface area (Å²) in [5.74, 6) is 0.564. The number of methoxy groups -OCH3 is 1. The Morgan fingerprint density at radius 3 is 2.87 bits per heavy atom. The van der Waals surface area contributed by atoms with E-state index in [4.69, 9.17) is 9.47 Å². The van der Waals surface area contributed by atoms with Crippen LogP contribution in [-0.2, 0) is 9.53 Å². The number of hydrogen-bond donors (Lipinski definition) is 0. The maximum Gasteiger partial charge on any atom is 0.302 e. The topological polar surface area (TPSA) is 35.5 Å². The minimum absolute atomic E-state index is 0.257. The van der Waals surface area contributed by atoms with E-state index in [1.54, 1.807) is 7.11 Å². The van der Waals surface area contributed by atoms with E-state index in [1.165, 1.54) is 6.92 Å². The van der Waals surface area contributed by atoms with Gasteiger partial charge in [-0.2, -0.15) is 0 Å². The van der Waals surface area contributed by atoms with Crippen molar-refractivity contribution in [3.8, 4) is 5.75 Å². The quantitative estimate of drug-likeness (QED) is 0.707. The second-order valence-corrected chi connectivity index (χ2v) is 3.40. The molecule has 15 heavy (non-hydrogen) atoms. The fourth-order valence-electron chi connectivity index (χ4n) is 1.55. The Kier molecular flexibility index (Phi) is 2.46. The van der Waals surface area contributed by atoms with Crippen molar-refractivity contribution in [3.05, 3.63) is 29.3 Å². The van der Waals surface area contributed by atoms with Crippen LogP contribution in [-0.4, -0.2) is 19.7 Å². The summed E-state index contributed by atoms with van der Waals surface area (Å²) in [6.07, 6.45) is 2.01. The Hall–Kier alpha value is -1.77. The van der Waals surface area contributed by atoms with E-state index in [0.29, 0.717) is 6.61 Å². The summed E-state index contributed by atoms with van der Waals surface area (Å²) in [7, 11) is 1.63. The number of carbonyl (C=O) groups excluding carboxylic acids is 1. The van der Waals surface area contributed by atoms with Gasteiger partial charge in [0, 0.05) is 6.92 Å². The van der Waals surface area contributed by atoms with E-state index < -0.39 is 0 Å². The zero-order chi connectivity index (χ0) is 10.8. The van der Waals surface area contributed by atoms with Crippen molar-refractivity contribution >= 4 is 17.6 Å². The van der Waals surface area contributed by atoms with Crippen LogP contribution in [0.2, 0.25) is 0 Å². The van der Waals surface area contributed by atoms with E-state index in [9.17, 15) is 4.79 Å². The van der Waals surface area contributed by atoms with Gasteiger partial charge in [-0.1, -0.05) is 6.07 Å². The highest BCUT2D eigenvalue weighted by atomic mass is 16.5. The molecule has 0 spiro atoms. The molecule has 3 heteroatoms. The number of esters is 1. The molecule has 1 aromatic rings. The number of hydrogen-bond acceptors (Lipinski definition) is 3. The Morgan fingerprint density at radius 1 is 1.40 bits per heavy atom. The third kappa shape index (κ3) is 1.86. The SMILES string of the molecule is COc1ccc2c(c1)C(COC(C)=O)=C2. The molecule has 2 rings (SSSR count). The summed E-state index contributed by atoms with van der Waals surface area (Å²) in [5, 5.41) is 0. The first kappa shape index (κ1) is 9.77. The maximum absolute atomic E-state index is 10.6. The zero-order valence-corrected chi connectivity index (χ0v) is 8.74. The predicted molar refractivity (Wildman–Crippen MR) is 57.5 cm³/mol. The van der Waals surface area contributed by atoms with Crippen LogP contribution in [0.5, 0.6) is 5.75 Å². The van der Waals surface area contributed by atoms with Crippen LogP contribution < -0.4 is 4.74 Å². The molecular formula is C12H12O3. The van der Waals surface area contributed by atoms with Crippen molar-refractivity contribution in [2.75, 3.05) is 13.7 Å². The summed E-state index contributed by atoms with van der Waals surface area (Å²) in [6.45, 7) is 1.75. The summed E-state index contributed by atoms with van der Waals surface area (Å²) < 4.78 is 10.1. The lowest BCUT2D eigenvalue weighted by Gasteiger charge is -2.20. The molecule has 0 saturated heterocycles. The average Bonchev–Trinajstić information content (AvgIpc) is 2.19. The van der Waals surface area contributed by atoms with Gasteiger partial charge in [0.1, 0.15) is 12.4 Å². The van der Waals surface area contributed by atoms with Gasteiger partial charge in [-0.25, -0.2) is 0 Å². The van der Waals surface area contributed by atoms with Gasteiger partial charge in [0.25, 0.3) is 0 Å². The summed E-state index contributed by atoms with van der Waals surface area (Å²) in [6, 6.07) is 5.86. The second kappa shape index (κ2) is 3.77. The molecule has 0 heterocycles. The monoisotopic (exact) mass is 204 g/mol. The highest BCUT2D eigenvalue weighted by Gasteiger charge is 2.17. The summed E-state index contributed by atoms with van der Waals surface area (Å²) in [4.78, 5) is 10.6. The van der Waals surface area contributed by atoms with Crippen LogP contribution in [0.25, 0.3) is 11.6 Å². The van der Waals surface area contributed by atoms with Gasteiger partial charge in [-0.05, 0) is 34.9 Å². The van der Waals surface area contributed by atoms with Gasteiger partial charge in [0.2, 0.25) is 0 Å². The largest absolute Gasteiger partial charge is 0.497 e. The van der Waals surface area contributed by atoms with Crippen molar-refractivity contribution in [1.29, 1.82) is 0 Å². The predicted octanol–water partition coefficient (Wildman–Crippen LogP) is 2.11. The molecule has 1 aromatic carbocycles. The minimum atomic E-state index is -0.257. The van der Waals surface area contributed by atoms with Gasteiger partial charge < -0.3 is 9.47 Å². The van der Waals surface area contributed by atoms with Crippen molar-refractivity contribution in [3.63, 3.8) is 0 Å².